The van der Waals surface area contributed by atoms with Gasteiger partial charge in [0.05, 0.1) is 12.1 Å². The second-order valence-corrected chi connectivity index (χ2v) is 3.42. The molecule has 0 aliphatic carbocycles. The zero-order chi connectivity index (χ0) is 12.3. The van der Waals surface area contributed by atoms with E-state index in [-0.39, 0.29) is 12.5 Å². The number of rotatable bonds is 3. The number of hydrogen-bond donors (Lipinski definition) is 3. The quantitative estimate of drug-likeness (QED) is 0.651. The number of carbonyl (C=O) groups excluding carboxylic acids is 1. The summed E-state index contributed by atoms with van der Waals surface area (Å²) in [5.41, 5.74) is 7.21. The lowest BCUT2D eigenvalue weighted by atomic mass is 10.2. The van der Waals surface area contributed by atoms with E-state index in [9.17, 15) is 4.79 Å². The number of anilines is 1. The molecular weight excluding hydrogens is 222 g/mol. The number of nitrogen functional groups attached to an aromatic ring is 1. The van der Waals surface area contributed by atoms with E-state index < -0.39 is 0 Å². The first-order valence-electron chi connectivity index (χ1n) is 4.89. The highest BCUT2D eigenvalue weighted by molar-refractivity contribution is 5.98. The standard InChI is InChI=1S/C9H11N7O/c1-5-2-7(10)6(3-11-5)9(17)12-4-8-13-15-16-14-8/h2-3H,4H2,1H3,(H2,10,11)(H,12,17)(H,13,14,15,16). The highest BCUT2D eigenvalue weighted by Crippen LogP contribution is 2.10. The lowest BCUT2D eigenvalue weighted by Gasteiger charge is -2.05. The molecule has 88 valence electrons. The van der Waals surface area contributed by atoms with Crippen molar-refractivity contribution < 1.29 is 4.79 Å². The normalized spacial score (nSPS) is 10.2. The third-order valence-corrected chi connectivity index (χ3v) is 2.11. The molecule has 0 radical (unpaired) electrons. The number of carbonyl (C=O) groups is 1. The summed E-state index contributed by atoms with van der Waals surface area (Å²) in [6.07, 6.45) is 1.44. The van der Waals surface area contributed by atoms with Crippen molar-refractivity contribution >= 4 is 11.6 Å². The van der Waals surface area contributed by atoms with Crippen LogP contribution in [0.4, 0.5) is 5.69 Å². The molecule has 2 aromatic rings. The fourth-order valence-electron chi connectivity index (χ4n) is 1.28. The van der Waals surface area contributed by atoms with E-state index in [1.54, 1.807) is 13.0 Å². The molecule has 0 atom stereocenters. The van der Waals surface area contributed by atoms with Gasteiger partial charge in [-0.2, -0.15) is 5.21 Å². The smallest absolute Gasteiger partial charge is 0.255 e. The molecule has 2 heterocycles. The highest BCUT2D eigenvalue weighted by Gasteiger charge is 2.10. The Morgan fingerprint density at radius 3 is 3.06 bits per heavy atom. The number of aromatic nitrogens is 5. The molecule has 1 amide bonds. The van der Waals surface area contributed by atoms with E-state index >= 15 is 0 Å². The van der Waals surface area contributed by atoms with Gasteiger partial charge in [0.1, 0.15) is 0 Å². The van der Waals surface area contributed by atoms with Crippen LogP contribution >= 0.6 is 0 Å². The number of aryl methyl sites for hydroxylation is 1. The molecular formula is C9H11N7O. The number of H-pyrrole nitrogens is 1. The van der Waals surface area contributed by atoms with E-state index in [1.807, 2.05) is 0 Å². The number of nitrogens with zero attached hydrogens (tertiary/aromatic N) is 4. The fourth-order valence-corrected chi connectivity index (χ4v) is 1.28. The number of nitrogens with two attached hydrogens (primary N) is 1. The van der Waals surface area contributed by atoms with Crippen LogP contribution in [0.1, 0.15) is 21.9 Å². The van der Waals surface area contributed by atoms with Gasteiger partial charge in [-0.3, -0.25) is 9.78 Å². The maximum Gasteiger partial charge on any atom is 0.255 e. The lowest BCUT2D eigenvalue weighted by molar-refractivity contribution is 0.0950. The molecule has 8 nitrogen and oxygen atoms in total. The SMILES string of the molecule is Cc1cc(N)c(C(=O)NCc2nn[nH]n2)cn1. The summed E-state index contributed by atoms with van der Waals surface area (Å²) < 4.78 is 0. The van der Waals surface area contributed by atoms with Gasteiger partial charge in [0.2, 0.25) is 0 Å². The van der Waals surface area contributed by atoms with Crippen molar-refractivity contribution in [3.05, 3.63) is 29.3 Å². The molecule has 0 spiro atoms. The largest absolute Gasteiger partial charge is 0.398 e. The van der Waals surface area contributed by atoms with Gasteiger partial charge in [-0.1, -0.05) is 5.21 Å². The molecule has 0 bridgehead atoms. The molecule has 0 saturated heterocycles. The Bertz CT molecular complexity index is 522. The van der Waals surface area contributed by atoms with E-state index in [2.05, 4.69) is 30.9 Å². The van der Waals surface area contributed by atoms with Gasteiger partial charge in [-0.15, -0.1) is 10.2 Å². The number of pyridine rings is 1. The molecule has 0 saturated carbocycles. The molecule has 8 heteroatoms. The van der Waals surface area contributed by atoms with E-state index in [4.69, 9.17) is 5.73 Å². The van der Waals surface area contributed by atoms with Crippen molar-refractivity contribution in [1.82, 2.24) is 30.9 Å². The zero-order valence-electron chi connectivity index (χ0n) is 9.14. The monoisotopic (exact) mass is 233 g/mol. The van der Waals surface area contributed by atoms with Crippen LogP contribution in [0.25, 0.3) is 0 Å². The highest BCUT2D eigenvalue weighted by atomic mass is 16.1. The van der Waals surface area contributed by atoms with Crippen molar-refractivity contribution in [2.45, 2.75) is 13.5 Å². The van der Waals surface area contributed by atoms with Crippen LogP contribution in [-0.4, -0.2) is 31.5 Å². The molecule has 0 fully saturated rings. The second kappa shape index (κ2) is 4.56. The maximum absolute atomic E-state index is 11.8. The lowest BCUT2D eigenvalue weighted by Crippen LogP contribution is -2.24. The number of amides is 1. The van der Waals surface area contributed by atoms with Crippen LogP contribution in [0.5, 0.6) is 0 Å². The number of aromatic amines is 1. The first-order chi connectivity index (χ1) is 8.16. The second-order valence-electron chi connectivity index (χ2n) is 3.42. The third-order valence-electron chi connectivity index (χ3n) is 2.11. The summed E-state index contributed by atoms with van der Waals surface area (Å²) in [6.45, 7) is 1.99. The Morgan fingerprint density at radius 2 is 2.41 bits per heavy atom. The number of nitrogens with one attached hydrogen (secondary N) is 2. The molecule has 0 aliphatic heterocycles. The van der Waals surface area contributed by atoms with E-state index in [0.717, 1.165) is 5.69 Å². The minimum atomic E-state index is -0.320. The molecule has 2 aromatic heterocycles. The summed E-state index contributed by atoms with van der Waals surface area (Å²) in [4.78, 5) is 15.8. The van der Waals surface area contributed by atoms with Crippen LogP contribution in [0.3, 0.4) is 0 Å². The summed E-state index contributed by atoms with van der Waals surface area (Å²) in [6, 6.07) is 1.64. The molecule has 2 rings (SSSR count). The number of tetrazole rings is 1. The average Bonchev–Trinajstić information content (AvgIpc) is 2.78. The predicted octanol–water partition coefficient (Wildman–Crippen LogP) is -0.585. The predicted molar refractivity (Wildman–Crippen MR) is 58.7 cm³/mol. The van der Waals surface area contributed by atoms with Crippen LogP contribution in [0.15, 0.2) is 12.3 Å². The minimum Gasteiger partial charge on any atom is -0.398 e. The van der Waals surface area contributed by atoms with Crippen molar-refractivity contribution in [1.29, 1.82) is 0 Å². The van der Waals surface area contributed by atoms with Gasteiger partial charge in [0, 0.05) is 17.6 Å². The van der Waals surface area contributed by atoms with E-state index in [1.165, 1.54) is 6.20 Å². The minimum absolute atomic E-state index is 0.183. The van der Waals surface area contributed by atoms with Crippen molar-refractivity contribution in [2.24, 2.45) is 0 Å². The Kier molecular flexibility index (Phi) is 2.95. The van der Waals surface area contributed by atoms with Gasteiger partial charge in [0.25, 0.3) is 5.91 Å². The Morgan fingerprint density at radius 1 is 1.59 bits per heavy atom. The summed E-state index contributed by atoms with van der Waals surface area (Å²) in [7, 11) is 0. The van der Waals surface area contributed by atoms with E-state index in [0.29, 0.717) is 17.1 Å². The third kappa shape index (κ3) is 2.54. The van der Waals surface area contributed by atoms with Crippen molar-refractivity contribution in [3.8, 4) is 0 Å². The summed E-state index contributed by atoms with van der Waals surface area (Å²) in [5, 5.41) is 15.7. The first-order valence-corrected chi connectivity index (χ1v) is 4.89. The Hall–Kier alpha value is -2.51. The van der Waals surface area contributed by atoms with Crippen LogP contribution in [-0.2, 0) is 6.54 Å². The molecule has 17 heavy (non-hydrogen) atoms. The first kappa shape index (κ1) is 11.0. The Labute approximate surface area is 96.6 Å². The molecule has 0 aliphatic rings. The number of hydrogen-bond acceptors (Lipinski definition) is 6. The zero-order valence-corrected chi connectivity index (χ0v) is 9.14. The van der Waals surface area contributed by atoms with Crippen molar-refractivity contribution in [3.63, 3.8) is 0 Å². The van der Waals surface area contributed by atoms with Gasteiger partial charge in [-0.05, 0) is 13.0 Å². The molecule has 0 aromatic carbocycles. The Balaban J connectivity index is 2.04. The fraction of sp³-hybridized carbons (Fsp3) is 0.222. The van der Waals surface area contributed by atoms with Crippen LogP contribution in [0.2, 0.25) is 0 Å². The topological polar surface area (TPSA) is 122 Å². The molecule has 4 N–H and O–H groups in total. The van der Waals surface area contributed by atoms with Gasteiger partial charge < -0.3 is 11.1 Å². The summed E-state index contributed by atoms with van der Waals surface area (Å²) in [5.74, 6) is 0.0804. The van der Waals surface area contributed by atoms with Crippen LogP contribution in [0, 0.1) is 6.92 Å². The maximum atomic E-state index is 11.8. The van der Waals surface area contributed by atoms with Gasteiger partial charge in [-0.25, -0.2) is 0 Å². The van der Waals surface area contributed by atoms with Crippen LogP contribution < -0.4 is 11.1 Å². The summed E-state index contributed by atoms with van der Waals surface area (Å²) >= 11 is 0. The molecule has 0 unspecified atom stereocenters. The van der Waals surface area contributed by atoms with Gasteiger partial charge >= 0.3 is 0 Å². The van der Waals surface area contributed by atoms with Gasteiger partial charge in [0.15, 0.2) is 5.82 Å². The van der Waals surface area contributed by atoms with Crippen molar-refractivity contribution in [2.75, 3.05) is 5.73 Å². The average molecular weight is 233 g/mol.